The summed E-state index contributed by atoms with van der Waals surface area (Å²) in [7, 11) is 0. The van der Waals surface area contributed by atoms with Gasteiger partial charge in [-0.1, -0.05) is 33.8 Å². The lowest BCUT2D eigenvalue weighted by Gasteiger charge is -2.05. The Balaban J connectivity index is 1.68. The van der Waals surface area contributed by atoms with Crippen molar-refractivity contribution in [2.24, 2.45) is 0 Å². The fraction of sp³-hybridized carbons (Fsp3) is 0.211. The molecule has 0 atom stereocenters. The molecule has 0 radical (unpaired) electrons. The average Bonchev–Trinajstić information content (AvgIpc) is 3.21. The molecule has 0 bridgehead atoms. The summed E-state index contributed by atoms with van der Waals surface area (Å²) in [5, 5.41) is 8.45. The molecule has 1 aromatic carbocycles. The minimum absolute atomic E-state index is 0.0433. The van der Waals surface area contributed by atoms with Gasteiger partial charge in [0.05, 0.1) is 5.75 Å². The summed E-state index contributed by atoms with van der Waals surface area (Å²) < 4.78 is 8.70. The number of aryl methyl sites for hydroxylation is 1. The number of thioether (sulfide) groups is 1. The second-order valence-corrected chi connectivity index (χ2v) is 7.62. The van der Waals surface area contributed by atoms with E-state index in [1.165, 1.54) is 11.8 Å². The number of allylic oxidation sites excluding steroid dienone is 1. The Morgan fingerprint density at radius 1 is 1.31 bits per heavy atom. The molecular weight excluding hydrogens is 414 g/mol. The molecule has 0 amide bonds. The maximum atomic E-state index is 12.6. The summed E-state index contributed by atoms with van der Waals surface area (Å²) in [6, 6.07) is 9.53. The van der Waals surface area contributed by atoms with E-state index in [1.807, 2.05) is 50.3 Å². The number of aromatic nitrogens is 3. The third-order valence-corrected chi connectivity index (χ3v) is 5.36. The van der Waals surface area contributed by atoms with Crippen LogP contribution in [0, 0.1) is 13.8 Å². The van der Waals surface area contributed by atoms with Crippen LogP contribution in [-0.2, 0) is 6.54 Å². The van der Waals surface area contributed by atoms with Gasteiger partial charge >= 0.3 is 0 Å². The van der Waals surface area contributed by atoms with Crippen LogP contribution in [0.2, 0.25) is 0 Å². The van der Waals surface area contributed by atoms with Gasteiger partial charge in [-0.3, -0.25) is 4.79 Å². The van der Waals surface area contributed by atoms with Crippen LogP contribution in [0.1, 0.15) is 21.7 Å². The van der Waals surface area contributed by atoms with Crippen LogP contribution in [0.5, 0.6) is 0 Å². The third-order valence-electron chi connectivity index (χ3n) is 4.01. The highest BCUT2D eigenvalue weighted by atomic mass is 79.9. The Morgan fingerprint density at radius 2 is 2.04 bits per heavy atom. The molecule has 5 nitrogen and oxygen atoms in total. The van der Waals surface area contributed by atoms with Gasteiger partial charge in [-0.15, -0.1) is 16.8 Å². The molecule has 0 aliphatic heterocycles. The Labute approximate surface area is 164 Å². The fourth-order valence-electron chi connectivity index (χ4n) is 2.68. The molecule has 0 fully saturated rings. The van der Waals surface area contributed by atoms with Crippen molar-refractivity contribution in [3.63, 3.8) is 0 Å². The first kappa shape index (κ1) is 18.7. The van der Waals surface area contributed by atoms with E-state index >= 15 is 0 Å². The number of hydrogen-bond acceptors (Lipinski definition) is 5. The van der Waals surface area contributed by atoms with E-state index in [0.717, 1.165) is 27.0 Å². The molecule has 0 unspecified atom stereocenters. The summed E-state index contributed by atoms with van der Waals surface area (Å²) in [5.74, 6) is 0.735. The monoisotopic (exact) mass is 431 g/mol. The highest BCUT2D eigenvalue weighted by Gasteiger charge is 2.17. The minimum Gasteiger partial charge on any atom is -0.411 e. The number of hydrogen-bond donors (Lipinski definition) is 0. The van der Waals surface area contributed by atoms with Gasteiger partial charge in [0.15, 0.2) is 5.78 Å². The van der Waals surface area contributed by atoms with E-state index in [9.17, 15) is 4.79 Å². The Bertz CT molecular complexity index is 944. The van der Waals surface area contributed by atoms with Crippen molar-refractivity contribution in [2.45, 2.75) is 25.6 Å². The van der Waals surface area contributed by atoms with Crippen LogP contribution >= 0.6 is 27.7 Å². The first-order valence-corrected chi connectivity index (χ1v) is 9.80. The lowest BCUT2D eigenvalue weighted by molar-refractivity contribution is 0.102. The van der Waals surface area contributed by atoms with Gasteiger partial charge in [-0.05, 0) is 44.2 Å². The third kappa shape index (κ3) is 3.99. The lowest BCUT2D eigenvalue weighted by atomic mass is 10.2. The van der Waals surface area contributed by atoms with Gasteiger partial charge in [0.25, 0.3) is 5.22 Å². The molecule has 0 aliphatic carbocycles. The van der Waals surface area contributed by atoms with Gasteiger partial charge in [0.1, 0.15) is 0 Å². The van der Waals surface area contributed by atoms with Crippen LogP contribution in [-0.4, -0.2) is 26.3 Å². The van der Waals surface area contributed by atoms with Crippen LogP contribution in [0.25, 0.3) is 11.5 Å². The van der Waals surface area contributed by atoms with Crippen molar-refractivity contribution >= 4 is 33.5 Å². The van der Waals surface area contributed by atoms with E-state index < -0.39 is 0 Å². The van der Waals surface area contributed by atoms with Crippen LogP contribution in [0.15, 0.2) is 57.1 Å². The summed E-state index contributed by atoms with van der Waals surface area (Å²) in [6.45, 7) is 8.39. The fourth-order valence-corrected chi connectivity index (χ4v) is 3.59. The predicted octanol–water partition coefficient (Wildman–Crippen LogP) is 5.08. The van der Waals surface area contributed by atoms with E-state index in [4.69, 9.17) is 4.42 Å². The second-order valence-electron chi connectivity index (χ2n) is 5.78. The molecule has 26 heavy (non-hydrogen) atoms. The highest BCUT2D eigenvalue weighted by Crippen LogP contribution is 2.25. The maximum Gasteiger partial charge on any atom is 0.277 e. The van der Waals surface area contributed by atoms with E-state index in [0.29, 0.717) is 17.7 Å². The molecular formula is C19H18BrN3O2S. The first-order chi connectivity index (χ1) is 12.5. The average molecular weight is 432 g/mol. The number of rotatable bonds is 7. The van der Waals surface area contributed by atoms with Crippen LogP contribution in [0.3, 0.4) is 0 Å². The first-order valence-electron chi connectivity index (χ1n) is 8.02. The van der Waals surface area contributed by atoms with Crippen LogP contribution in [0.4, 0.5) is 0 Å². The molecule has 0 saturated carbocycles. The molecule has 2 heterocycles. The standard InChI is InChI=1S/C19H18BrN3O2S/c1-4-9-23-12(2)10-16(13(23)3)17(24)11-26-19-22-21-18(25-19)14-5-7-15(20)8-6-14/h4-8,10H,1,9,11H2,2-3H3. The molecule has 3 aromatic rings. The molecule has 0 saturated heterocycles. The predicted molar refractivity (Wildman–Crippen MR) is 107 cm³/mol. The molecule has 2 aromatic heterocycles. The minimum atomic E-state index is 0.0433. The largest absolute Gasteiger partial charge is 0.411 e. The zero-order valence-corrected chi connectivity index (χ0v) is 16.9. The zero-order valence-electron chi connectivity index (χ0n) is 14.5. The van der Waals surface area contributed by atoms with Gasteiger partial charge < -0.3 is 8.98 Å². The quantitative estimate of drug-likeness (QED) is 0.296. The maximum absolute atomic E-state index is 12.6. The van der Waals surface area contributed by atoms with Crippen molar-refractivity contribution in [2.75, 3.05) is 5.75 Å². The summed E-state index contributed by atoms with van der Waals surface area (Å²) in [4.78, 5) is 12.6. The molecule has 0 N–H and O–H groups in total. The van der Waals surface area contributed by atoms with Gasteiger partial charge in [-0.25, -0.2) is 0 Å². The number of halogens is 1. The van der Waals surface area contributed by atoms with Gasteiger partial charge in [-0.2, -0.15) is 0 Å². The highest BCUT2D eigenvalue weighted by molar-refractivity contribution is 9.10. The van der Waals surface area contributed by atoms with Crippen molar-refractivity contribution in [3.8, 4) is 11.5 Å². The number of carbonyl (C=O) groups is 1. The molecule has 3 rings (SSSR count). The van der Waals surface area contributed by atoms with Crippen molar-refractivity contribution in [1.29, 1.82) is 0 Å². The van der Waals surface area contributed by atoms with Gasteiger partial charge in [0.2, 0.25) is 5.89 Å². The van der Waals surface area contributed by atoms with E-state index in [1.54, 1.807) is 0 Å². The number of carbonyl (C=O) groups excluding carboxylic acids is 1. The number of Topliss-reactive ketones (excluding diaryl/α,β-unsaturated/α-hetero) is 1. The molecule has 0 spiro atoms. The van der Waals surface area contributed by atoms with Crippen molar-refractivity contribution in [3.05, 3.63) is 64.4 Å². The zero-order chi connectivity index (χ0) is 18.7. The summed E-state index contributed by atoms with van der Waals surface area (Å²) >= 11 is 4.64. The summed E-state index contributed by atoms with van der Waals surface area (Å²) in [6.07, 6.45) is 1.82. The van der Waals surface area contributed by atoms with Crippen LogP contribution < -0.4 is 0 Å². The Hall–Kier alpha value is -2.12. The second kappa shape index (κ2) is 8.05. The Morgan fingerprint density at radius 3 is 2.73 bits per heavy atom. The topological polar surface area (TPSA) is 60.9 Å². The number of nitrogens with zero attached hydrogens (tertiary/aromatic N) is 3. The molecule has 134 valence electrons. The number of benzene rings is 1. The Kier molecular flexibility index (Phi) is 5.78. The smallest absolute Gasteiger partial charge is 0.277 e. The van der Waals surface area contributed by atoms with Crippen molar-refractivity contribution < 1.29 is 9.21 Å². The normalized spacial score (nSPS) is 10.9. The van der Waals surface area contributed by atoms with E-state index in [-0.39, 0.29) is 11.5 Å². The SMILES string of the molecule is C=CCn1c(C)cc(C(=O)CSc2nnc(-c3ccc(Br)cc3)o2)c1C. The number of ketones is 1. The lowest BCUT2D eigenvalue weighted by Crippen LogP contribution is -2.06. The summed E-state index contributed by atoms with van der Waals surface area (Å²) in [5.41, 5.74) is 3.57. The van der Waals surface area contributed by atoms with Gasteiger partial charge in [0, 0.05) is 33.5 Å². The van der Waals surface area contributed by atoms with Crippen molar-refractivity contribution in [1.82, 2.24) is 14.8 Å². The van der Waals surface area contributed by atoms with E-state index in [2.05, 4.69) is 37.3 Å². The molecule has 7 heteroatoms. The molecule has 0 aliphatic rings.